The van der Waals surface area contributed by atoms with E-state index in [4.69, 9.17) is 16.9 Å². The van der Waals surface area contributed by atoms with Crippen LogP contribution in [0.25, 0.3) is 0 Å². The van der Waals surface area contributed by atoms with Gasteiger partial charge in [0.25, 0.3) is 0 Å². The molecule has 124 valence electrons. The summed E-state index contributed by atoms with van der Waals surface area (Å²) in [6, 6.07) is 9.21. The predicted molar refractivity (Wildman–Crippen MR) is 88.8 cm³/mol. The Hall–Kier alpha value is -2.47. The predicted octanol–water partition coefficient (Wildman–Crippen LogP) is 1.87. The van der Waals surface area contributed by atoms with Crippen LogP contribution in [-0.2, 0) is 14.8 Å². The molecular weight excluding hydrogens is 352 g/mol. The third-order valence-electron chi connectivity index (χ3n) is 3.08. The molecule has 1 N–H and O–H groups in total. The summed E-state index contributed by atoms with van der Waals surface area (Å²) in [5.41, 5.74) is 0.655. The second-order valence-corrected chi connectivity index (χ2v) is 7.26. The Balaban J connectivity index is 2.07. The van der Waals surface area contributed by atoms with Crippen molar-refractivity contribution in [2.24, 2.45) is 0 Å². The SMILES string of the molecule is CN(CC(=O)Nc1ccc(C#N)c(Cl)c1)S(=O)(=O)c1cccnc1. The summed E-state index contributed by atoms with van der Waals surface area (Å²) in [5.74, 6) is -0.536. The minimum Gasteiger partial charge on any atom is -0.325 e. The monoisotopic (exact) mass is 364 g/mol. The van der Waals surface area contributed by atoms with Gasteiger partial charge < -0.3 is 5.32 Å². The number of carbonyl (C=O) groups excluding carboxylic acids is 1. The van der Waals surface area contributed by atoms with Gasteiger partial charge in [-0.15, -0.1) is 0 Å². The molecule has 0 unspecified atom stereocenters. The van der Waals surface area contributed by atoms with Crippen molar-refractivity contribution in [2.45, 2.75) is 4.90 Å². The number of aromatic nitrogens is 1. The van der Waals surface area contributed by atoms with Gasteiger partial charge in [-0.3, -0.25) is 9.78 Å². The minimum absolute atomic E-state index is 0.00159. The number of pyridine rings is 1. The maximum atomic E-state index is 12.3. The lowest BCUT2D eigenvalue weighted by Gasteiger charge is -2.16. The molecule has 1 aromatic heterocycles. The second kappa shape index (κ2) is 7.40. The topological polar surface area (TPSA) is 103 Å². The Labute approximate surface area is 144 Å². The van der Waals surface area contributed by atoms with Crippen molar-refractivity contribution in [1.29, 1.82) is 5.26 Å². The number of sulfonamides is 1. The first-order valence-electron chi connectivity index (χ1n) is 6.70. The summed E-state index contributed by atoms with van der Waals surface area (Å²) in [6.45, 7) is -0.380. The first kappa shape index (κ1) is 17.9. The Morgan fingerprint density at radius 2 is 2.17 bits per heavy atom. The highest BCUT2D eigenvalue weighted by atomic mass is 35.5. The van der Waals surface area contributed by atoms with Crippen molar-refractivity contribution in [3.8, 4) is 6.07 Å². The van der Waals surface area contributed by atoms with Crippen LogP contribution >= 0.6 is 11.6 Å². The summed E-state index contributed by atoms with van der Waals surface area (Å²) in [5, 5.41) is 11.5. The number of likely N-dealkylation sites (N-methyl/N-ethyl adjacent to an activating group) is 1. The first-order chi connectivity index (χ1) is 11.3. The molecule has 24 heavy (non-hydrogen) atoms. The molecule has 0 bridgehead atoms. The summed E-state index contributed by atoms with van der Waals surface area (Å²) in [4.78, 5) is 15.8. The van der Waals surface area contributed by atoms with Gasteiger partial charge in [0.15, 0.2) is 0 Å². The molecule has 0 aliphatic carbocycles. The van der Waals surface area contributed by atoms with Crippen molar-refractivity contribution >= 4 is 33.2 Å². The van der Waals surface area contributed by atoms with Gasteiger partial charge in [0.2, 0.25) is 15.9 Å². The minimum atomic E-state index is -3.80. The second-order valence-electron chi connectivity index (χ2n) is 4.80. The van der Waals surface area contributed by atoms with Gasteiger partial charge in [0.1, 0.15) is 11.0 Å². The van der Waals surface area contributed by atoms with Crippen LogP contribution in [0.15, 0.2) is 47.6 Å². The third kappa shape index (κ3) is 4.08. The van der Waals surface area contributed by atoms with E-state index in [1.165, 1.54) is 49.8 Å². The zero-order valence-electron chi connectivity index (χ0n) is 12.6. The normalized spacial score (nSPS) is 11.1. The van der Waals surface area contributed by atoms with E-state index in [2.05, 4.69) is 10.3 Å². The molecule has 0 atom stereocenters. The van der Waals surface area contributed by atoms with Gasteiger partial charge in [0.05, 0.1) is 17.1 Å². The fourth-order valence-electron chi connectivity index (χ4n) is 1.85. The fourth-order valence-corrected chi connectivity index (χ4v) is 3.17. The van der Waals surface area contributed by atoms with Crippen LogP contribution in [-0.4, -0.2) is 37.2 Å². The van der Waals surface area contributed by atoms with E-state index in [0.717, 1.165) is 4.31 Å². The number of halogens is 1. The molecule has 0 radical (unpaired) electrons. The number of anilines is 1. The van der Waals surface area contributed by atoms with E-state index < -0.39 is 15.9 Å². The van der Waals surface area contributed by atoms with Crippen molar-refractivity contribution in [1.82, 2.24) is 9.29 Å². The molecule has 2 rings (SSSR count). The summed E-state index contributed by atoms with van der Waals surface area (Å²) in [7, 11) is -2.51. The highest BCUT2D eigenvalue weighted by molar-refractivity contribution is 7.89. The van der Waals surface area contributed by atoms with E-state index >= 15 is 0 Å². The first-order valence-corrected chi connectivity index (χ1v) is 8.52. The molecule has 0 spiro atoms. The van der Waals surface area contributed by atoms with Crippen LogP contribution in [0.1, 0.15) is 5.56 Å². The lowest BCUT2D eigenvalue weighted by molar-refractivity contribution is -0.116. The number of carbonyl (C=O) groups is 1. The van der Waals surface area contributed by atoms with Gasteiger partial charge in [-0.25, -0.2) is 8.42 Å². The lowest BCUT2D eigenvalue weighted by Crippen LogP contribution is -2.35. The maximum Gasteiger partial charge on any atom is 0.244 e. The number of hydrogen-bond donors (Lipinski definition) is 1. The molecule has 0 aliphatic heterocycles. The van der Waals surface area contributed by atoms with Crippen LogP contribution < -0.4 is 5.32 Å². The average molecular weight is 365 g/mol. The Morgan fingerprint density at radius 3 is 2.75 bits per heavy atom. The Morgan fingerprint density at radius 1 is 1.42 bits per heavy atom. The number of nitrogens with zero attached hydrogens (tertiary/aromatic N) is 3. The van der Waals surface area contributed by atoms with Crippen molar-refractivity contribution in [2.75, 3.05) is 18.9 Å². The zero-order chi connectivity index (χ0) is 17.7. The van der Waals surface area contributed by atoms with Crippen LogP contribution in [0, 0.1) is 11.3 Å². The molecule has 0 saturated heterocycles. The molecular formula is C15H13ClN4O3S. The van der Waals surface area contributed by atoms with Gasteiger partial charge in [0, 0.05) is 25.1 Å². The number of rotatable bonds is 5. The highest BCUT2D eigenvalue weighted by Gasteiger charge is 2.23. The van der Waals surface area contributed by atoms with Crippen molar-refractivity contribution in [3.05, 3.63) is 53.3 Å². The van der Waals surface area contributed by atoms with Crippen LogP contribution in [0.5, 0.6) is 0 Å². The molecule has 2 aromatic rings. The van der Waals surface area contributed by atoms with E-state index in [1.54, 1.807) is 0 Å². The number of benzene rings is 1. The number of hydrogen-bond acceptors (Lipinski definition) is 5. The highest BCUT2D eigenvalue weighted by Crippen LogP contribution is 2.20. The van der Waals surface area contributed by atoms with E-state index in [9.17, 15) is 13.2 Å². The quantitative estimate of drug-likeness (QED) is 0.872. The van der Waals surface area contributed by atoms with Crippen LogP contribution in [0.3, 0.4) is 0 Å². The zero-order valence-corrected chi connectivity index (χ0v) is 14.2. The fraction of sp³-hybridized carbons (Fsp3) is 0.133. The van der Waals surface area contributed by atoms with Gasteiger partial charge >= 0.3 is 0 Å². The Kier molecular flexibility index (Phi) is 5.51. The van der Waals surface area contributed by atoms with Gasteiger partial charge in [-0.2, -0.15) is 9.57 Å². The number of nitriles is 1. The molecule has 0 fully saturated rings. The largest absolute Gasteiger partial charge is 0.325 e. The van der Waals surface area contributed by atoms with Gasteiger partial charge in [-0.05, 0) is 30.3 Å². The lowest BCUT2D eigenvalue weighted by atomic mass is 10.2. The smallest absolute Gasteiger partial charge is 0.244 e. The molecule has 9 heteroatoms. The Bertz CT molecular complexity index is 895. The molecule has 1 heterocycles. The van der Waals surface area contributed by atoms with E-state index in [-0.39, 0.29) is 22.0 Å². The summed E-state index contributed by atoms with van der Waals surface area (Å²) < 4.78 is 25.5. The third-order valence-corrected chi connectivity index (χ3v) is 5.18. The summed E-state index contributed by atoms with van der Waals surface area (Å²) in [6.07, 6.45) is 2.67. The summed E-state index contributed by atoms with van der Waals surface area (Å²) >= 11 is 5.88. The van der Waals surface area contributed by atoms with E-state index in [1.807, 2.05) is 6.07 Å². The maximum absolute atomic E-state index is 12.3. The standard InChI is InChI=1S/C15H13ClN4O3S/c1-20(24(22,23)13-3-2-6-18-9-13)10-15(21)19-12-5-4-11(8-17)14(16)7-12/h2-7,9H,10H2,1H3,(H,19,21). The molecule has 0 saturated carbocycles. The van der Waals surface area contributed by atoms with E-state index in [0.29, 0.717) is 5.69 Å². The number of amides is 1. The van der Waals surface area contributed by atoms with Crippen molar-refractivity contribution < 1.29 is 13.2 Å². The molecule has 7 nitrogen and oxygen atoms in total. The molecule has 1 amide bonds. The average Bonchev–Trinajstić information content (AvgIpc) is 2.55. The van der Waals surface area contributed by atoms with Crippen LogP contribution in [0.4, 0.5) is 5.69 Å². The molecule has 0 aliphatic rings. The number of nitrogens with one attached hydrogen (secondary N) is 1. The molecule has 1 aromatic carbocycles. The van der Waals surface area contributed by atoms with Crippen molar-refractivity contribution in [3.63, 3.8) is 0 Å². The van der Waals surface area contributed by atoms with Crippen LogP contribution in [0.2, 0.25) is 5.02 Å². The van der Waals surface area contributed by atoms with Gasteiger partial charge in [-0.1, -0.05) is 11.6 Å².